The van der Waals surface area contributed by atoms with Crippen LogP contribution in [-0.2, 0) is 16.1 Å². The maximum absolute atomic E-state index is 12.1. The van der Waals surface area contributed by atoms with Gasteiger partial charge in [-0.3, -0.25) is 4.79 Å². The molecule has 0 aliphatic carbocycles. The molecule has 0 bridgehead atoms. The van der Waals surface area contributed by atoms with Gasteiger partial charge in [0.05, 0.1) is 6.61 Å². The van der Waals surface area contributed by atoms with Crippen molar-refractivity contribution in [3.05, 3.63) is 71.9 Å². The molecule has 1 amide bonds. The van der Waals surface area contributed by atoms with Crippen molar-refractivity contribution in [3.63, 3.8) is 0 Å². The Kier molecular flexibility index (Phi) is 6.74. The highest BCUT2D eigenvalue weighted by atomic mass is 16.5. The first-order valence-corrected chi connectivity index (χ1v) is 10.5. The number of hydrogen-bond donors (Lipinski definition) is 2. The molecule has 2 heterocycles. The summed E-state index contributed by atoms with van der Waals surface area (Å²) < 4.78 is 5.48. The molecule has 3 aromatic rings. The lowest BCUT2D eigenvalue weighted by Gasteiger charge is -2.17. The Labute approximate surface area is 182 Å². The third kappa shape index (κ3) is 6.02. The average molecular weight is 418 g/mol. The van der Waals surface area contributed by atoms with Crippen LogP contribution in [0.1, 0.15) is 24.1 Å². The van der Waals surface area contributed by atoms with E-state index in [0.717, 1.165) is 47.5 Å². The Morgan fingerprint density at radius 1 is 1.00 bits per heavy atom. The second-order valence-electron chi connectivity index (χ2n) is 7.62. The molecule has 0 spiro atoms. The minimum atomic E-state index is -0.182. The van der Waals surface area contributed by atoms with Crippen molar-refractivity contribution >= 4 is 29.0 Å². The van der Waals surface area contributed by atoms with Crippen molar-refractivity contribution in [2.75, 3.05) is 35.2 Å². The zero-order valence-corrected chi connectivity index (χ0v) is 17.7. The van der Waals surface area contributed by atoms with Gasteiger partial charge in [-0.05, 0) is 49.6 Å². The molecule has 160 valence electrons. The molecule has 4 rings (SSSR count). The fourth-order valence-electron chi connectivity index (χ4n) is 3.49. The van der Waals surface area contributed by atoms with Gasteiger partial charge >= 0.3 is 0 Å². The highest BCUT2D eigenvalue weighted by Crippen LogP contribution is 2.22. The molecular formula is C24H27N5O2. The van der Waals surface area contributed by atoms with Crippen LogP contribution in [0.3, 0.4) is 0 Å². The smallest absolute Gasteiger partial charge is 0.250 e. The van der Waals surface area contributed by atoms with Crippen molar-refractivity contribution in [1.82, 2.24) is 9.97 Å². The first kappa shape index (κ1) is 20.8. The molecule has 7 nitrogen and oxygen atoms in total. The Morgan fingerprint density at radius 2 is 1.71 bits per heavy atom. The lowest BCUT2D eigenvalue weighted by atomic mass is 10.2. The van der Waals surface area contributed by atoms with E-state index in [0.29, 0.717) is 6.61 Å². The number of carbonyl (C=O) groups excluding carboxylic acids is 1. The van der Waals surface area contributed by atoms with Crippen molar-refractivity contribution in [2.45, 2.75) is 26.4 Å². The van der Waals surface area contributed by atoms with E-state index in [9.17, 15) is 4.79 Å². The number of aryl methyl sites for hydroxylation is 1. The number of ether oxygens (including phenoxy) is 1. The van der Waals surface area contributed by atoms with Gasteiger partial charge < -0.3 is 20.3 Å². The molecule has 1 aliphatic heterocycles. The van der Waals surface area contributed by atoms with Crippen molar-refractivity contribution in [2.24, 2.45) is 0 Å². The Hall–Kier alpha value is -3.45. The number of aromatic nitrogens is 2. The minimum absolute atomic E-state index is 0.00832. The molecular weight excluding hydrogens is 390 g/mol. The molecule has 0 unspecified atom stereocenters. The molecule has 0 saturated carbocycles. The molecule has 2 aromatic carbocycles. The molecule has 2 N–H and O–H groups in total. The van der Waals surface area contributed by atoms with Crippen LogP contribution in [0.15, 0.2) is 60.7 Å². The summed E-state index contributed by atoms with van der Waals surface area (Å²) in [6.07, 6.45) is 2.37. The second kappa shape index (κ2) is 10.0. The van der Waals surface area contributed by atoms with Crippen LogP contribution in [0, 0.1) is 6.92 Å². The minimum Gasteiger partial charge on any atom is -0.367 e. The van der Waals surface area contributed by atoms with Crippen LogP contribution in [0.25, 0.3) is 0 Å². The quantitative estimate of drug-likeness (QED) is 0.569. The third-order valence-corrected chi connectivity index (χ3v) is 5.02. The molecule has 7 heteroatoms. The lowest BCUT2D eigenvalue weighted by Crippen LogP contribution is -2.21. The number of carbonyl (C=O) groups is 1. The van der Waals surface area contributed by atoms with Gasteiger partial charge in [-0.1, -0.05) is 30.3 Å². The van der Waals surface area contributed by atoms with Crippen LogP contribution in [0.4, 0.5) is 23.1 Å². The van der Waals surface area contributed by atoms with Gasteiger partial charge in [0.1, 0.15) is 12.4 Å². The lowest BCUT2D eigenvalue weighted by molar-refractivity contribution is -0.121. The number of nitrogens with one attached hydrogen (secondary N) is 2. The normalized spacial score (nSPS) is 13.3. The van der Waals surface area contributed by atoms with Gasteiger partial charge in [0.2, 0.25) is 11.9 Å². The van der Waals surface area contributed by atoms with E-state index in [1.165, 1.54) is 12.8 Å². The van der Waals surface area contributed by atoms with Gasteiger partial charge in [0.15, 0.2) is 0 Å². The van der Waals surface area contributed by atoms with Crippen molar-refractivity contribution in [1.29, 1.82) is 0 Å². The van der Waals surface area contributed by atoms with E-state index in [1.807, 2.05) is 67.6 Å². The fraction of sp³-hybridized carbons (Fsp3) is 0.292. The molecule has 1 fully saturated rings. The standard InChI is InChI=1S/C24H27N5O2/c1-18-15-22(28-24(25-18)29-13-5-6-14-29)26-20-9-11-21(12-10-20)27-23(30)17-31-16-19-7-3-2-4-8-19/h2-4,7-12,15H,5-6,13-14,16-17H2,1H3,(H,27,30)(H,25,26,28). The first-order valence-electron chi connectivity index (χ1n) is 10.5. The predicted molar refractivity (Wildman–Crippen MR) is 123 cm³/mol. The van der Waals surface area contributed by atoms with Gasteiger partial charge in [0.25, 0.3) is 0 Å². The summed E-state index contributed by atoms with van der Waals surface area (Å²) in [6.45, 7) is 4.41. The van der Waals surface area contributed by atoms with Gasteiger partial charge in [-0.25, -0.2) is 4.98 Å². The molecule has 0 atom stereocenters. The average Bonchev–Trinajstić information content (AvgIpc) is 3.31. The van der Waals surface area contributed by atoms with Crippen LogP contribution < -0.4 is 15.5 Å². The Balaban J connectivity index is 1.29. The molecule has 0 radical (unpaired) electrons. The van der Waals surface area contributed by atoms with E-state index < -0.39 is 0 Å². The fourth-order valence-corrected chi connectivity index (χ4v) is 3.49. The number of rotatable bonds is 8. The van der Waals surface area contributed by atoms with E-state index in [2.05, 4.69) is 25.5 Å². The van der Waals surface area contributed by atoms with E-state index in [4.69, 9.17) is 4.74 Å². The third-order valence-electron chi connectivity index (χ3n) is 5.02. The summed E-state index contributed by atoms with van der Waals surface area (Å²) in [5.41, 5.74) is 3.58. The summed E-state index contributed by atoms with van der Waals surface area (Å²) in [7, 11) is 0. The highest BCUT2D eigenvalue weighted by molar-refractivity contribution is 5.91. The zero-order valence-electron chi connectivity index (χ0n) is 17.7. The zero-order chi connectivity index (χ0) is 21.5. The van der Waals surface area contributed by atoms with Crippen LogP contribution >= 0.6 is 0 Å². The van der Waals surface area contributed by atoms with Crippen molar-refractivity contribution < 1.29 is 9.53 Å². The summed E-state index contributed by atoms with van der Waals surface area (Å²) in [4.78, 5) is 23.5. The molecule has 31 heavy (non-hydrogen) atoms. The van der Waals surface area contributed by atoms with Crippen molar-refractivity contribution in [3.8, 4) is 0 Å². The summed E-state index contributed by atoms with van der Waals surface area (Å²) >= 11 is 0. The second-order valence-corrected chi connectivity index (χ2v) is 7.62. The summed E-state index contributed by atoms with van der Waals surface area (Å²) in [6, 6.07) is 19.2. The maximum atomic E-state index is 12.1. The summed E-state index contributed by atoms with van der Waals surface area (Å²) in [5, 5.41) is 6.18. The van der Waals surface area contributed by atoms with Gasteiger partial charge in [-0.2, -0.15) is 4.98 Å². The number of nitrogens with zero attached hydrogens (tertiary/aromatic N) is 3. The number of benzene rings is 2. The Morgan fingerprint density at radius 3 is 2.45 bits per heavy atom. The van der Waals surface area contributed by atoms with E-state index in [-0.39, 0.29) is 12.5 Å². The number of hydrogen-bond acceptors (Lipinski definition) is 6. The topological polar surface area (TPSA) is 79.4 Å². The van der Waals surface area contributed by atoms with E-state index >= 15 is 0 Å². The van der Waals surface area contributed by atoms with Crippen LogP contribution in [0.2, 0.25) is 0 Å². The van der Waals surface area contributed by atoms with Crippen LogP contribution in [0.5, 0.6) is 0 Å². The highest BCUT2D eigenvalue weighted by Gasteiger charge is 2.16. The SMILES string of the molecule is Cc1cc(Nc2ccc(NC(=O)COCc3ccccc3)cc2)nc(N2CCCC2)n1. The maximum Gasteiger partial charge on any atom is 0.250 e. The van der Waals surface area contributed by atoms with Crippen LogP contribution in [-0.4, -0.2) is 35.6 Å². The van der Waals surface area contributed by atoms with E-state index in [1.54, 1.807) is 0 Å². The molecule has 1 aliphatic rings. The molecule has 1 aromatic heterocycles. The Bertz CT molecular complexity index is 1000. The molecule has 1 saturated heterocycles. The number of amides is 1. The largest absolute Gasteiger partial charge is 0.367 e. The first-order chi connectivity index (χ1) is 15.2. The summed E-state index contributed by atoms with van der Waals surface area (Å²) in [5.74, 6) is 1.36. The van der Waals surface area contributed by atoms with Gasteiger partial charge in [-0.15, -0.1) is 0 Å². The number of anilines is 4. The van der Waals surface area contributed by atoms with Gasteiger partial charge in [0, 0.05) is 36.2 Å². The predicted octanol–water partition coefficient (Wildman–Crippen LogP) is 4.28. The monoisotopic (exact) mass is 417 g/mol.